The van der Waals surface area contributed by atoms with E-state index in [1.807, 2.05) is 0 Å². The molecule has 1 N–H and O–H groups in total. The highest BCUT2D eigenvalue weighted by molar-refractivity contribution is 6.05. The van der Waals surface area contributed by atoms with Crippen molar-refractivity contribution in [2.75, 3.05) is 6.61 Å². The van der Waals surface area contributed by atoms with E-state index in [1.165, 1.54) is 4.90 Å². The van der Waals surface area contributed by atoms with Crippen molar-refractivity contribution < 1.29 is 14.7 Å². The Labute approximate surface area is 77.5 Å². The molecule has 1 rings (SSSR count). The van der Waals surface area contributed by atoms with Gasteiger partial charge in [0.15, 0.2) is 0 Å². The first-order valence-corrected chi connectivity index (χ1v) is 4.37. The zero-order valence-electron chi connectivity index (χ0n) is 8.20. The molecule has 0 unspecified atom stereocenters. The normalized spacial score (nSPS) is 23.8. The Morgan fingerprint density at radius 2 is 2.08 bits per heavy atom. The molecule has 1 aliphatic rings. The molecule has 0 aromatic carbocycles. The number of hydrogen-bond donors (Lipinski definition) is 1. The van der Waals surface area contributed by atoms with Gasteiger partial charge < -0.3 is 5.11 Å². The fraction of sp³-hybridized carbons (Fsp3) is 0.778. The molecule has 13 heavy (non-hydrogen) atoms. The molecule has 74 valence electrons. The second-order valence-electron chi connectivity index (χ2n) is 4.16. The first kappa shape index (κ1) is 10.2. The lowest BCUT2D eigenvalue weighted by molar-refractivity contribution is -0.144. The Bertz CT molecular complexity index is 247. The van der Waals surface area contributed by atoms with Gasteiger partial charge in [-0.05, 0) is 6.92 Å². The lowest BCUT2D eigenvalue weighted by atomic mass is 9.92. The van der Waals surface area contributed by atoms with E-state index in [0.717, 1.165) is 0 Å². The number of imide groups is 1. The predicted molar refractivity (Wildman–Crippen MR) is 46.8 cm³/mol. The fourth-order valence-electron chi connectivity index (χ4n) is 1.51. The maximum absolute atomic E-state index is 11.6. The zero-order valence-corrected chi connectivity index (χ0v) is 8.20. The van der Waals surface area contributed by atoms with Gasteiger partial charge in [0, 0.05) is 6.42 Å². The van der Waals surface area contributed by atoms with Gasteiger partial charge in [-0.2, -0.15) is 0 Å². The topological polar surface area (TPSA) is 57.6 Å². The quantitative estimate of drug-likeness (QED) is 0.623. The summed E-state index contributed by atoms with van der Waals surface area (Å²) >= 11 is 0. The van der Waals surface area contributed by atoms with Gasteiger partial charge in [-0.1, -0.05) is 13.8 Å². The summed E-state index contributed by atoms with van der Waals surface area (Å²) in [6, 6.07) is -0.401. The van der Waals surface area contributed by atoms with Crippen LogP contribution in [-0.4, -0.2) is 34.5 Å². The molecule has 1 heterocycles. The minimum Gasteiger partial charge on any atom is -0.394 e. The van der Waals surface area contributed by atoms with Gasteiger partial charge in [0.1, 0.15) is 0 Å². The second-order valence-corrected chi connectivity index (χ2v) is 4.16. The van der Waals surface area contributed by atoms with Crippen molar-refractivity contribution in [3.8, 4) is 0 Å². The number of amides is 2. The molecular weight excluding hydrogens is 170 g/mol. The van der Waals surface area contributed by atoms with E-state index in [9.17, 15) is 9.59 Å². The van der Waals surface area contributed by atoms with Crippen LogP contribution in [0.5, 0.6) is 0 Å². The Morgan fingerprint density at radius 1 is 1.54 bits per heavy atom. The smallest absolute Gasteiger partial charge is 0.235 e. The number of rotatable bonds is 2. The van der Waals surface area contributed by atoms with Crippen LogP contribution in [-0.2, 0) is 9.59 Å². The predicted octanol–water partition coefficient (Wildman–Crippen LogP) is 0.152. The Kier molecular flexibility index (Phi) is 2.43. The fourth-order valence-corrected chi connectivity index (χ4v) is 1.51. The second kappa shape index (κ2) is 3.10. The van der Waals surface area contributed by atoms with Crippen molar-refractivity contribution >= 4 is 11.8 Å². The zero-order chi connectivity index (χ0) is 10.2. The van der Waals surface area contributed by atoms with Gasteiger partial charge in [0.25, 0.3) is 0 Å². The van der Waals surface area contributed by atoms with Crippen LogP contribution in [0.3, 0.4) is 0 Å². The molecule has 0 aromatic heterocycles. The Morgan fingerprint density at radius 3 is 2.38 bits per heavy atom. The van der Waals surface area contributed by atoms with Crippen LogP contribution in [0.4, 0.5) is 0 Å². The first-order chi connectivity index (χ1) is 5.90. The monoisotopic (exact) mass is 185 g/mol. The standard InChI is InChI=1S/C9H15NO3/c1-6(5-11)10-7(12)4-9(2,3)8(10)13/h6,11H,4-5H2,1-3H3/t6-/m1/s1. The minimum absolute atomic E-state index is 0.173. The maximum Gasteiger partial charge on any atom is 0.235 e. The maximum atomic E-state index is 11.6. The Hall–Kier alpha value is -0.900. The molecule has 1 fully saturated rings. The van der Waals surface area contributed by atoms with Crippen LogP contribution in [0.2, 0.25) is 0 Å². The van der Waals surface area contributed by atoms with Crippen molar-refractivity contribution in [1.29, 1.82) is 0 Å². The summed E-state index contributed by atoms with van der Waals surface area (Å²) in [5.74, 6) is -0.365. The number of nitrogens with zero attached hydrogens (tertiary/aromatic N) is 1. The summed E-state index contributed by atoms with van der Waals surface area (Å²) in [5, 5.41) is 8.85. The van der Waals surface area contributed by atoms with E-state index in [1.54, 1.807) is 20.8 Å². The third-order valence-corrected chi connectivity index (χ3v) is 2.36. The van der Waals surface area contributed by atoms with Crippen LogP contribution in [0.15, 0.2) is 0 Å². The van der Waals surface area contributed by atoms with Gasteiger partial charge in [0.05, 0.1) is 18.1 Å². The highest BCUT2D eigenvalue weighted by Gasteiger charge is 2.46. The van der Waals surface area contributed by atoms with Gasteiger partial charge >= 0.3 is 0 Å². The third kappa shape index (κ3) is 1.58. The molecule has 1 atom stereocenters. The molecule has 0 aromatic rings. The van der Waals surface area contributed by atoms with Gasteiger partial charge in [-0.3, -0.25) is 14.5 Å². The van der Waals surface area contributed by atoms with E-state index in [-0.39, 0.29) is 24.8 Å². The largest absolute Gasteiger partial charge is 0.394 e. The molecule has 4 heteroatoms. The van der Waals surface area contributed by atoms with Crippen LogP contribution >= 0.6 is 0 Å². The number of carbonyl (C=O) groups excluding carboxylic acids is 2. The summed E-state index contributed by atoms with van der Waals surface area (Å²) in [5.41, 5.74) is -0.597. The number of likely N-dealkylation sites (tertiary alicyclic amines) is 1. The number of carbonyl (C=O) groups is 2. The number of aliphatic hydroxyl groups is 1. The lowest BCUT2D eigenvalue weighted by Gasteiger charge is -2.22. The van der Waals surface area contributed by atoms with Gasteiger partial charge in [0.2, 0.25) is 11.8 Å². The molecule has 4 nitrogen and oxygen atoms in total. The summed E-state index contributed by atoms with van der Waals surface area (Å²) in [4.78, 5) is 24.2. The molecular formula is C9H15NO3. The summed E-state index contributed by atoms with van der Waals surface area (Å²) in [6.45, 7) is 4.99. The van der Waals surface area contributed by atoms with Crippen molar-refractivity contribution in [3.05, 3.63) is 0 Å². The molecule has 1 saturated heterocycles. The molecule has 0 bridgehead atoms. The van der Waals surface area contributed by atoms with Crippen molar-refractivity contribution in [3.63, 3.8) is 0 Å². The van der Waals surface area contributed by atoms with Crippen molar-refractivity contribution in [1.82, 2.24) is 4.90 Å². The van der Waals surface area contributed by atoms with E-state index < -0.39 is 11.5 Å². The Balaban J connectivity index is 2.89. The number of hydrogen-bond acceptors (Lipinski definition) is 3. The summed E-state index contributed by atoms with van der Waals surface area (Å²) < 4.78 is 0. The number of aliphatic hydroxyl groups excluding tert-OH is 1. The molecule has 0 spiro atoms. The highest BCUT2D eigenvalue weighted by atomic mass is 16.3. The minimum atomic E-state index is -0.597. The van der Waals surface area contributed by atoms with E-state index >= 15 is 0 Å². The van der Waals surface area contributed by atoms with E-state index in [2.05, 4.69) is 0 Å². The average molecular weight is 185 g/mol. The van der Waals surface area contributed by atoms with Crippen molar-refractivity contribution in [2.45, 2.75) is 33.2 Å². The van der Waals surface area contributed by atoms with Crippen LogP contribution in [0.25, 0.3) is 0 Å². The molecule has 0 saturated carbocycles. The van der Waals surface area contributed by atoms with Crippen LogP contribution in [0.1, 0.15) is 27.2 Å². The first-order valence-electron chi connectivity index (χ1n) is 4.37. The van der Waals surface area contributed by atoms with Crippen molar-refractivity contribution in [2.24, 2.45) is 5.41 Å². The molecule has 0 radical (unpaired) electrons. The third-order valence-electron chi connectivity index (χ3n) is 2.36. The summed E-state index contributed by atoms with van der Waals surface area (Å²) in [7, 11) is 0. The van der Waals surface area contributed by atoms with E-state index in [0.29, 0.717) is 0 Å². The summed E-state index contributed by atoms with van der Waals surface area (Å²) in [6.07, 6.45) is 0.246. The van der Waals surface area contributed by atoms with Gasteiger partial charge in [-0.15, -0.1) is 0 Å². The van der Waals surface area contributed by atoms with Crippen LogP contribution in [0, 0.1) is 5.41 Å². The van der Waals surface area contributed by atoms with Gasteiger partial charge in [-0.25, -0.2) is 0 Å². The van der Waals surface area contributed by atoms with Crippen LogP contribution < -0.4 is 0 Å². The SMILES string of the molecule is C[C@H](CO)N1C(=O)CC(C)(C)C1=O. The lowest BCUT2D eigenvalue weighted by Crippen LogP contribution is -2.41. The van der Waals surface area contributed by atoms with E-state index in [4.69, 9.17) is 5.11 Å². The highest BCUT2D eigenvalue weighted by Crippen LogP contribution is 2.32. The molecule has 0 aliphatic carbocycles. The molecule has 2 amide bonds. The molecule has 1 aliphatic heterocycles. The average Bonchev–Trinajstić information content (AvgIpc) is 2.21.